The maximum Gasteiger partial charge on any atom is 0.350 e. The summed E-state index contributed by atoms with van der Waals surface area (Å²) >= 11 is 6.74. The minimum atomic E-state index is -3.86. The van der Waals surface area contributed by atoms with Crippen LogP contribution in [0.15, 0.2) is 28.6 Å². The maximum atomic E-state index is 12.3. The summed E-state index contributed by atoms with van der Waals surface area (Å²) in [5.41, 5.74) is 0.840. The van der Waals surface area contributed by atoms with Crippen LogP contribution in [0.25, 0.3) is 0 Å². The zero-order valence-corrected chi connectivity index (χ0v) is 13.5. The molecule has 0 unspecified atom stereocenters. The van der Waals surface area contributed by atoms with Gasteiger partial charge in [0.15, 0.2) is 0 Å². The molecule has 0 amide bonds. The first-order chi connectivity index (χ1) is 9.85. The van der Waals surface area contributed by atoms with Gasteiger partial charge in [-0.25, -0.2) is 18.2 Å². The number of nitrogens with one attached hydrogen (secondary N) is 1. The first-order valence-electron chi connectivity index (χ1n) is 5.66. The Morgan fingerprint density at radius 3 is 2.71 bits per heavy atom. The van der Waals surface area contributed by atoms with Crippen molar-refractivity contribution >= 4 is 44.6 Å². The van der Waals surface area contributed by atoms with Gasteiger partial charge in [-0.05, 0) is 30.0 Å². The van der Waals surface area contributed by atoms with Gasteiger partial charge in [0.1, 0.15) is 14.9 Å². The molecule has 0 aromatic carbocycles. The smallest absolute Gasteiger partial charge is 0.350 e. The second-order valence-corrected chi connectivity index (χ2v) is 6.99. The lowest BCUT2D eigenvalue weighted by atomic mass is 10.3. The largest absolute Gasteiger partial charge is 0.465 e. The second-order valence-electron chi connectivity index (χ2n) is 4.04. The average molecular weight is 347 g/mol. The molecule has 1 N–H and O–H groups in total. The molecule has 0 aliphatic heterocycles. The number of carbonyl (C=O) groups excluding carboxylic acids is 1. The van der Waals surface area contributed by atoms with E-state index in [0.717, 1.165) is 17.5 Å². The summed E-state index contributed by atoms with van der Waals surface area (Å²) in [6, 6.07) is 2.70. The number of hydrogen-bond donors (Lipinski definition) is 1. The van der Waals surface area contributed by atoms with Crippen molar-refractivity contribution in [1.82, 2.24) is 4.98 Å². The number of halogens is 1. The zero-order chi connectivity index (χ0) is 15.6. The minimum absolute atomic E-state index is 0.0479. The van der Waals surface area contributed by atoms with Crippen LogP contribution >= 0.6 is 22.9 Å². The molecule has 0 aliphatic carbocycles. The number of hydrogen-bond acceptors (Lipinski definition) is 6. The molecule has 0 spiro atoms. The van der Waals surface area contributed by atoms with Crippen molar-refractivity contribution in [3.63, 3.8) is 0 Å². The number of methoxy groups -OCH3 is 1. The SMILES string of the molecule is COC(=O)c1scc(C)c1NS(=O)(=O)c1ccc(Cl)nc1. The molecule has 0 bridgehead atoms. The molecule has 2 aromatic rings. The summed E-state index contributed by atoms with van der Waals surface area (Å²) < 4.78 is 31.6. The minimum Gasteiger partial charge on any atom is -0.465 e. The van der Waals surface area contributed by atoms with E-state index in [1.165, 1.54) is 19.2 Å². The summed E-state index contributed by atoms with van der Waals surface area (Å²) in [7, 11) is -2.62. The number of aryl methyl sites for hydroxylation is 1. The number of sulfonamides is 1. The Morgan fingerprint density at radius 2 is 2.14 bits per heavy atom. The molecule has 0 radical (unpaired) electrons. The molecule has 0 fully saturated rings. The van der Waals surface area contributed by atoms with Gasteiger partial charge in [0, 0.05) is 6.20 Å². The fraction of sp³-hybridized carbons (Fsp3) is 0.167. The first-order valence-corrected chi connectivity index (χ1v) is 8.40. The van der Waals surface area contributed by atoms with E-state index in [1.54, 1.807) is 12.3 Å². The van der Waals surface area contributed by atoms with Crippen molar-refractivity contribution in [2.75, 3.05) is 11.8 Å². The number of esters is 1. The quantitative estimate of drug-likeness (QED) is 0.679. The van der Waals surface area contributed by atoms with E-state index in [2.05, 4.69) is 14.4 Å². The molecular formula is C12H11ClN2O4S2. The van der Waals surface area contributed by atoms with E-state index in [4.69, 9.17) is 11.6 Å². The number of ether oxygens (including phenoxy) is 1. The van der Waals surface area contributed by atoms with Gasteiger partial charge in [-0.2, -0.15) is 0 Å². The Balaban J connectivity index is 2.39. The number of rotatable bonds is 4. The van der Waals surface area contributed by atoms with Crippen LogP contribution in [0.3, 0.4) is 0 Å². The Morgan fingerprint density at radius 1 is 1.43 bits per heavy atom. The molecule has 112 valence electrons. The van der Waals surface area contributed by atoms with E-state index >= 15 is 0 Å². The summed E-state index contributed by atoms with van der Waals surface area (Å²) in [6.07, 6.45) is 1.14. The predicted octanol–water partition coefficient (Wildman–Crippen LogP) is 2.69. The lowest BCUT2D eigenvalue weighted by molar-refractivity contribution is 0.0607. The highest BCUT2D eigenvalue weighted by atomic mass is 35.5. The summed E-state index contributed by atoms with van der Waals surface area (Å²) in [5.74, 6) is -0.597. The Kier molecular flexibility index (Phi) is 4.50. The maximum absolute atomic E-state index is 12.3. The lowest BCUT2D eigenvalue weighted by Crippen LogP contribution is -2.15. The van der Waals surface area contributed by atoms with E-state index in [9.17, 15) is 13.2 Å². The average Bonchev–Trinajstić information content (AvgIpc) is 2.79. The van der Waals surface area contributed by atoms with Gasteiger partial charge in [-0.15, -0.1) is 11.3 Å². The van der Waals surface area contributed by atoms with E-state index < -0.39 is 16.0 Å². The van der Waals surface area contributed by atoms with Crippen molar-refractivity contribution in [3.8, 4) is 0 Å². The van der Waals surface area contributed by atoms with Gasteiger partial charge in [0.05, 0.1) is 12.8 Å². The highest BCUT2D eigenvalue weighted by molar-refractivity contribution is 7.92. The Hall–Kier alpha value is -1.64. The molecule has 2 aromatic heterocycles. The molecule has 2 heterocycles. The molecule has 0 aliphatic rings. The van der Waals surface area contributed by atoms with Crippen molar-refractivity contribution in [3.05, 3.63) is 39.3 Å². The standard InChI is InChI=1S/C12H11ClN2O4S2/c1-7-6-20-11(12(16)19-2)10(7)15-21(17,18)8-3-4-9(13)14-5-8/h3-6,15H,1-2H3. The van der Waals surface area contributed by atoms with Gasteiger partial charge < -0.3 is 4.74 Å². The van der Waals surface area contributed by atoms with Crippen LogP contribution in [0.4, 0.5) is 5.69 Å². The third-order valence-electron chi connectivity index (χ3n) is 2.59. The van der Waals surface area contributed by atoms with Gasteiger partial charge in [-0.3, -0.25) is 4.72 Å². The van der Waals surface area contributed by atoms with Gasteiger partial charge >= 0.3 is 5.97 Å². The molecule has 6 nitrogen and oxygen atoms in total. The first kappa shape index (κ1) is 15.7. The number of aromatic nitrogens is 1. The number of thiophene rings is 1. The normalized spacial score (nSPS) is 11.2. The summed E-state index contributed by atoms with van der Waals surface area (Å²) in [5, 5.41) is 1.86. The van der Waals surface area contributed by atoms with Crippen molar-refractivity contribution in [1.29, 1.82) is 0 Å². The fourth-order valence-corrected chi connectivity index (χ4v) is 3.72. The number of carbonyl (C=O) groups is 1. The Bertz CT molecular complexity index is 769. The van der Waals surface area contributed by atoms with Crippen LogP contribution in [0, 0.1) is 6.92 Å². The van der Waals surface area contributed by atoms with Crippen LogP contribution in [0.5, 0.6) is 0 Å². The second kappa shape index (κ2) is 6.00. The van der Waals surface area contributed by atoms with E-state index in [0.29, 0.717) is 5.56 Å². The highest BCUT2D eigenvalue weighted by Gasteiger charge is 2.22. The number of anilines is 1. The third-order valence-corrected chi connectivity index (χ3v) is 5.23. The monoisotopic (exact) mass is 346 g/mol. The topological polar surface area (TPSA) is 85.4 Å². The van der Waals surface area contributed by atoms with Gasteiger partial charge in [0.2, 0.25) is 0 Å². The molecule has 0 atom stereocenters. The van der Waals surface area contributed by atoms with Crippen molar-refractivity contribution in [2.45, 2.75) is 11.8 Å². The molecule has 9 heteroatoms. The summed E-state index contributed by atoms with van der Waals surface area (Å²) in [6.45, 7) is 1.70. The van der Waals surface area contributed by atoms with Crippen LogP contribution < -0.4 is 4.72 Å². The van der Waals surface area contributed by atoms with E-state index in [1.807, 2.05) is 0 Å². The predicted molar refractivity (Wildman–Crippen MR) is 80.5 cm³/mol. The van der Waals surface area contributed by atoms with Crippen LogP contribution in [-0.2, 0) is 14.8 Å². The fourth-order valence-electron chi connectivity index (χ4n) is 1.53. The van der Waals surface area contributed by atoms with Crippen molar-refractivity contribution < 1.29 is 17.9 Å². The van der Waals surface area contributed by atoms with Gasteiger partial charge in [-0.1, -0.05) is 11.6 Å². The van der Waals surface area contributed by atoms with Crippen LogP contribution in [0.2, 0.25) is 5.15 Å². The zero-order valence-electron chi connectivity index (χ0n) is 11.1. The van der Waals surface area contributed by atoms with E-state index in [-0.39, 0.29) is 20.6 Å². The van der Waals surface area contributed by atoms with Gasteiger partial charge in [0.25, 0.3) is 10.0 Å². The van der Waals surface area contributed by atoms with Crippen molar-refractivity contribution in [2.24, 2.45) is 0 Å². The molecule has 0 saturated heterocycles. The summed E-state index contributed by atoms with van der Waals surface area (Å²) in [4.78, 5) is 15.5. The van der Waals surface area contributed by atoms with Crippen LogP contribution in [-0.4, -0.2) is 26.5 Å². The molecule has 0 saturated carbocycles. The molecule has 21 heavy (non-hydrogen) atoms. The molecule has 2 rings (SSSR count). The van der Waals surface area contributed by atoms with Crippen LogP contribution in [0.1, 0.15) is 15.2 Å². The number of pyridine rings is 1. The third kappa shape index (κ3) is 3.34. The highest BCUT2D eigenvalue weighted by Crippen LogP contribution is 2.30. The number of nitrogens with zero attached hydrogens (tertiary/aromatic N) is 1. The lowest BCUT2D eigenvalue weighted by Gasteiger charge is -2.09. The molecular weight excluding hydrogens is 336 g/mol. The Labute approximate surface area is 130 Å².